The number of hydrogen-bond acceptors (Lipinski definition) is 12. The number of rotatable bonds is 2. The fourth-order valence-corrected chi connectivity index (χ4v) is 3.70. The predicted octanol–water partition coefficient (Wildman–Crippen LogP) is 5.71. The molecule has 0 spiro atoms. The van der Waals surface area contributed by atoms with Gasteiger partial charge in [-0.1, -0.05) is 0 Å². The second kappa shape index (κ2) is 21.1. The van der Waals surface area contributed by atoms with E-state index in [1.165, 1.54) is 4.90 Å². The summed E-state index contributed by atoms with van der Waals surface area (Å²) in [7, 11) is 0. The van der Waals surface area contributed by atoms with Crippen LogP contribution in [0, 0.1) is 5.92 Å². The van der Waals surface area contributed by atoms with Gasteiger partial charge in [-0.2, -0.15) is 0 Å². The molecule has 2 unspecified atom stereocenters. The van der Waals surface area contributed by atoms with Crippen LogP contribution in [0.4, 0.5) is 19.2 Å². The molecule has 2 amide bonds. The second-order valence-corrected chi connectivity index (χ2v) is 14.9. The Labute approximate surface area is 301 Å². The molecule has 2 fully saturated rings. The van der Waals surface area contributed by atoms with Crippen LogP contribution in [0.2, 0.25) is 0 Å². The number of amides is 2. The molecule has 16 nitrogen and oxygen atoms in total. The van der Waals surface area contributed by atoms with Gasteiger partial charge in [-0.3, -0.25) is 9.69 Å². The van der Waals surface area contributed by atoms with E-state index in [0.717, 1.165) is 24.3 Å². The van der Waals surface area contributed by atoms with Crippen molar-refractivity contribution < 1.29 is 62.7 Å². The summed E-state index contributed by atoms with van der Waals surface area (Å²) in [5, 5.41) is 20.9. The second-order valence-electron chi connectivity index (χ2n) is 14.9. The third kappa shape index (κ3) is 24.5. The minimum absolute atomic E-state index is 0. The molecule has 0 bridgehead atoms. The molecule has 2 rings (SSSR count). The van der Waals surface area contributed by atoms with Gasteiger partial charge in [0.1, 0.15) is 22.4 Å². The molecule has 2 atom stereocenters. The summed E-state index contributed by atoms with van der Waals surface area (Å²) in [5.41, 5.74) is -2.78. The number of carboxylic acids is 2. The average molecular weight is 751 g/mol. The summed E-state index contributed by atoms with van der Waals surface area (Å²) in [5.74, 6) is -2.00. The molecule has 0 aromatic rings. The summed E-state index contributed by atoms with van der Waals surface area (Å²) >= 11 is 0. The smallest absolute Gasteiger partial charge is 0.481 e. The normalized spacial score (nSPS) is 17.8. The van der Waals surface area contributed by atoms with Gasteiger partial charge < -0.3 is 44.1 Å². The highest BCUT2D eigenvalue weighted by Gasteiger charge is 2.40. The molecule has 0 saturated carbocycles. The van der Waals surface area contributed by atoms with Gasteiger partial charge in [0, 0.05) is 19.6 Å². The van der Waals surface area contributed by atoms with Crippen LogP contribution < -0.4 is 5.32 Å². The van der Waals surface area contributed by atoms with E-state index >= 15 is 0 Å². The van der Waals surface area contributed by atoms with Crippen molar-refractivity contribution in [2.45, 2.75) is 124 Å². The number of carboxylic acid groups (broad SMARTS) is 2. The van der Waals surface area contributed by atoms with Crippen LogP contribution in [0.3, 0.4) is 0 Å². The third-order valence-electron chi connectivity index (χ3n) is 5.54. The van der Waals surface area contributed by atoms with Crippen LogP contribution >= 0.6 is 24.8 Å². The van der Waals surface area contributed by atoms with Gasteiger partial charge >= 0.3 is 36.4 Å². The first-order chi connectivity index (χ1) is 21.1. The number of hydrogen-bond donors (Lipinski definition) is 3. The summed E-state index contributed by atoms with van der Waals surface area (Å²) < 4.78 is 24.3. The summed E-state index contributed by atoms with van der Waals surface area (Å²) in [6.07, 6.45) is -1.57. The number of piperazine rings is 1. The van der Waals surface area contributed by atoms with E-state index in [-0.39, 0.29) is 50.4 Å². The molecule has 18 heteroatoms. The molecule has 0 aliphatic carbocycles. The monoisotopic (exact) mass is 749 g/mol. The molecular formula is C31H57Cl2N3O13. The molecule has 0 aromatic carbocycles. The van der Waals surface area contributed by atoms with Gasteiger partial charge in [0.25, 0.3) is 0 Å². The van der Waals surface area contributed by atoms with Crippen LogP contribution in [0.25, 0.3) is 0 Å². The van der Waals surface area contributed by atoms with Crippen molar-refractivity contribution in [1.29, 1.82) is 0 Å². The topological polar surface area (TPSA) is 208 Å². The Hall–Kier alpha value is -3.24. The lowest BCUT2D eigenvalue weighted by atomic mass is 10.0. The largest absolute Gasteiger partial charge is 0.519 e. The SMILES string of the molecule is CC(C)(C)OC(=O)N1CCN(C(=O)OC(C)(C)C)C(C(=O)O)C1.CC(C)(C)OC(=O)OC(=O)OC(C)(C)C.Cl.Cl.O=C(O)C1CCCNC1. The Morgan fingerprint density at radius 1 is 0.633 bits per heavy atom. The van der Waals surface area contributed by atoms with Crippen LogP contribution in [0.15, 0.2) is 0 Å². The Balaban J connectivity index is -0.000000700. The molecule has 3 N–H and O–H groups in total. The van der Waals surface area contributed by atoms with Crippen molar-refractivity contribution in [3.8, 4) is 0 Å². The lowest BCUT2D eigenvalue weighted by Gasteiger charge is -2.39. The summed E-state index contributed by atoms with van der Waals surface area (Å²) in [6.45, 7) is 22.1. The van der Waals surface area contributed by atoms with Crippen LogP contribution in [0.1, 0.15) is 95.9 Å². The number of aliphatic carboxylic acids is 2. The van der Waals surface area contributed by atoms with Crippen LogP contribution in [0.5, 0.6) is 0 Å². The van der Waals surface area contributed by atoms with Crippen molar-refractivity contribution >= 4 is 61.2 Å². The zero-order valence-corrected chi connectivity index (χ0v) is 32.3. The number of halogens is 2. The zero-order valence-electron chi connectivity index (χ0n) is 30.7. The van der Waals surface area contributed by atoms with Gasteiger partial charge in [-0.15, -0.1) is 24.8 Å². The number of nitrogens with one attached hydrogen (secondary N) is 1. The highest BCUT2D eigenvalue weighted by Crippen LogP contribution is 2.19. The molecule has 0 radical (unpaired) electrons. The molecule has 2 aliphatic rings. The number of piperidine rings is 1. The average Bonchev–Trinajstić information content (AvgIpc) is 2.85. The molecule has 49 heavy (non-hydrogen) atoms. The number of nitrogens with zero attached hydrogens (tertiary/aromatic N) is 2. The molecule has 0 aromatic heterocycles. The Morgan fingerprint density at radius 3 is 1.39 bits per heavy atom. The maximum atomic E-state index is 12.1. The predicted molar refractivity (Wildman–Crippen MR) is 183 cm³/mol. The van der Waals surface area contributed by atoms with Crippen molar-refractivity contribution in [3.63, 3.8) is 0 Å². The van der Waals surface area contributed by atoms with Crippen LogP contribution in [-0.4, -0.2) is 118 Å². The highest BCUT2D eigenvalue weighted by atomic mass is 35.5. The molecule has 2 saturated heterocycles. The van der Waals surface area contributed by atoms with E-state index in [4.69, 9.17) is 24.1 Å². The van der Waals surface area contributed by atoms with Gasteiger partial charge in [-0.25, -0.2) is 24.0 Å². The molecule has 2 aliphatic heterocycles. The van der Waals surface area contributed by atoms with E-state index in [1.807, 2.05) is 0 Å². The summed E-state index contributed by atoms with van der Waals surface area (Å²) in [4.78, 5) is 70.4. The Bertz CT molecular complexity index is 1060. The van der Waals surface area contributed by atoms with E-state index < -0.39 is 64.9 Å². The van der Waals surface area contributed by atoms with E-state index in [9.17, 15) is 33.9 Å². The fraction of sp³-hybridized carbons (Fsp3) is 0.806. The highest BCUT2D eigenvalue weighted by molar-refractivity contribution is 5.85. The number of carbonyl (C=O) groups excluding carboxylic acids is 4. The van der Waals surface area contributed by atoms with Gasteiger partial charge in [0.2, 0.25) is 0 Å². The maximum absolute atomic E-state index is 12.1. The quantitative estimate of drug-likeness (QED) is 0.175. The fourth-order valence-electron chi connectivity index (χ4n) is 3.70. The Morgan fingerprint density at radius 2 is 1.06 bits per heavy atom. The van der Waals surface area contributed by atoms with Crippen molar-refractivity contribution in [1.82, 2.24) is 15.1 Å². The van der Waals surface area contributed by atoms with Crippen LogP contribution in [-0.2, 0) is 33.3 Å². The van der Waals surface area contributed by atoms with Gasteiger partial charge in [-0.05, 0) is 102 Å². The molecule has 288 valence electrons. The lowest BCUT2D eigenvalue weighted by Crippen LogP contribution is -2.60. The zero-order chi connectivity index (χ0) is 37.0. The van der Waals surface area contributed by atoms with Gasteiger partial charge in [0.15, 0.2) is 6.04 Å². The van der Waals surface area contributed by atoms with Crippen molar-refractivity contribution in [3.05, 3.63) is 0 Å². The van der Waals surface area contributed by atoms with Crippen molar-refractivity contribution in [2.24, 2.45) is 5.92 Å². The van der Waals surface area contributed by atoms with Crippen molar-refractivity contribution in [2.75, 3.05) is 32.7 Å². The van der Waals surface area contributed by atoms with E-state index in [0.29, 0.717) is 6.54 Å². The lowest BCUT2D eigenvalue weighted by molar-refractivity contribution is -0.145. The number of carbonyl (C=O) groups is 6. The standard InChI is InChI=1S/C15H26N2O6.C10H18O5.C6H11NO2.2ClH/c1-14(2,3)22-12(20)16-7-8-17(10(9-16)11(18)19)13(21)23-15(4,5)6;1-9(2,3)14-7(11)13-8(12)15-10(4,5)6;8-6(9)5-2-1-3-7-4-5;;/h10H,7-9H2,1-6H3,(H,18,19);1-6H3;5,7H,1-4H2,(H,8,9);2*1H. The third-order valence-corrected chi connectivity index (χ3v) is 5.54. The van der Waals surface area contributed by atoms with Gasteiger partial charge in [0.05, 0.1) is 12.5 Å². The minimum atomic E-state index is -1.19. The van der Waals surface area contributed by atoms with E-state index in [1.54, 1.807) is 83.1 Å². The Kier molecular flexibility index (Phi) is 21.6. The molecular weight excluding hydrogens is 693 g/mol. The maximum Gasteiger partial charge on any atom is 0.519 e. The molecule has 2 heterocycles. The first-order valence-electron chi connectivity index (χ1n) is 15.4. The number of ether oxygens (including phenoxy) is 5. The first-order valence-corrected chi connectivity index (χ1v) is 15.4. The van der Waals surface area contributed by atoms with E-state index in [2.05, 4.69) is 10.1 Å². The summed E-state index contributed by atoms with van der Waals surface area (Å²) in [6, 6.07) is -1.16. The first kappa shape index (κ1) is 50.1. The minimum Gasteiger partial charge on any atom is -0.481 e.